The van der Waals surface area contributed by atoms with Crippen molar-refractivity contribution in [2.75, 3.05) is 0 Å². The van der Waals surface area contributed by atoms with Crippen molar-refractivity contribution in [2.45, 2.75) is 0 Å². The zero-order chi connectivity index (χ0) is 16.9. The number of rotatable bonds is 4. The molecule has 0 unspecified atom stereocenters. The van der Waals surface area contributed by atoms with Crippen molar-refractivity contribution < 1.29 is 0 Å². The average molecular weight is 322 g/mol. The molecule has 1 heterocycles. The molecule has 0 atom stereocenters. The van der Waals surface area contributed by atoms with Gasteiger partial charge in [0.25, 0.3) is 0 Å². The molecule has 1 aromatic heterocycles. The van der Waals surface area contributed by atoms with E-state index in [0.717, 1.165) is 28.1 Å². The van der Waals surface area contributed by atoms with Crippen LogP contribution in [0.4, 0.5) is 0 Å². The van der Waals surface area contributed by atoms with Gasteiger partial charge in [0.2, 0.25) is 0 Å². The molecule has 0 fully saturated rings. The Balaban J connectivity index is 1.78. The van der Waals surface area contributed by atoms with Crippen LogP contribution in [0, 0.1) is 0 Å². The maximum absolute atomic E-state index is 4.80. The van der Waals surface area contributed by atoms with Gasteiger partial charge in [0, 0.05) is 17.3 Å². The highest BCUT2D eigenvalue weighted by Crippen LogP contribution is 2.26. The highest BCUT2D eigenvalue weighted by Gasteiger charge is 2.09. The second kappa shape index (κ2) is 7.02. The maximum atomic E-state index is 4.80. The van der Waals surface area contributed by atoms with Gasteiger partial charge in [-0.2, -0.15) is 5.10 Å². The number of hydrogen-bond acceptors (Lipinski definition) is 1. The standard InChI is InChI=1S/C23H18N2/c1-4-10-19(11-5-1)16-17-25-23(21-14-8-3-9-15-21)18-22(24-25)20-12-6-2-7-13-20/h1-18H/b17-16+. The van der Waals surface area contributed by atoms with Crippen molar-refractivity contribution in [2.24, 2.45) is 0 Å². The molecule has 0 aliphatic heterocycles. The van der Waals surface area contributed by atoms with Crippen molar-refractivity contribution in [3.63, 3.8) is 0 Å². The molecule has 0 N–H and O–H groups in total. The fourth-order valence-electron chi connectivity index (χ4n) is 2.80. The van der Waals surface area contributed by atoms with Crippen molar-refractivity contribution in [1.82, 2.24) is 9.78 Å². The van der Waals surface area contributed by atoms with E-state index in [0.29, 0.717) is 0 Å². The van der Waals surface area contributed by atoms with E-state index in [1.54, 1.807) is 0 Å². The van der Waals surface area contributed by atoms with Gasteiger partial charge >= 0.3 is 0 Å². The smallest absolute Gasteiger partial charge is 0.0933 e. The van der Waals surface area contributed by atoms with Crippen LogP contribution in [0.2, 0.25) is 0 Å². The Morgan fingerprint density at radius 2 is 1.20 bits per heavy atom. The first-order valence-corrected chi connectivity index (χ1v) is 8.34. The molecule has 0 saturated heterocycles. The molecule has 0 bridgehead atoms. The first-order valence-electron chi connectivity index (χ1n) is 8.34. The van der Waals surface area contributed by atoms with Crippen LogP contribution in [0.15, 0.2) is 97.1 Å². The summed E-state index contributed by atoms with van der Waals surface area (Å²) in [7, 11) is 0. The molecule has 0 spiro atoms. The lowest BCUT2D eigenvalue weighted by Gasteiger charge is -2.02. The van der Waals surface area contributed by atoms with Crippen molar-refractivity contribution in [1.29, 1.82) is 0 Å². The molecule has 2 nitrogen and oxygen atoms in total. The molecule has 4 aromatic rings. The second-order valence-electron chi connectivity index (χ2n) is 5.82. The first-order chi connectivity index (χ1) is 12.4. The third-order valence-corrected chi connectivity index (χ3v) is 4.08. The minimum Gasteiger partial charge on any atom is -0.240 e. The Labute approximate surface area is 147 Å². The fraction of sp³-hybridized carbons (Fsp3) is 0. The van der Waals surface area contributed by atoms with Crippen LogP contribution in [0.5, 0.6) is 0 Å². The van der Waals surface area contributed by atoms with Crippen LogP contribution in [-0.4, -0.2) is 9.78 Å². The summed E-state index contributed by atoms with van der Waals surface area (Å²) in [5.74, 6) is 0. The molecule has 0 radical (unpaired) electrons. The van der Waals surface area contributed by atoms with Gasteiger partial charge in [0.1, 0.15) is 0 Å². The Hall–Kier alpha value is -3.39. The van der Waals surface area contributed by atoms with Crippen LogP contribution >= 0.6 is 0 Å². The van der Waals surface area contributed by atoms with E-state index in [4.69, 9.17) is 5.10 Å². The Bertz CT molecular complexity index is 969. The zero-order valence-corrected chi connectivity index (χ0v) is 13.8. The summed E-state index contributed by atoms with van der Waals surface area (Å²) in [5, 5.41) is 4.80. The van der Waals surface area contributed by atoms with Crippen LogP contribution in [0.1, 0.15) is 5.56 Å². The summed E-state index contributed by atoms with van der Waals surface area (Å²) in [6.45, 7) is 0. The van der Waals surface area contributed by atoms with E-state index >= 15 is 0 Å². The van der Waals surface area contributed by atoms with E-state index in [1.165, 1.54) is 0 Å². The third kappa shape index (κ3) is 3.43. The van der Waals surface area contributed by atoms with Crippen LogP contribution in [-0.2, 0) is 0 Å². The molecule has 0 aliphatic carbocycles. The molecular weight excluding hydrogens is 304 g/mol. The molecular formula is C23H18N2. The number of hydrogen-bond donors (Lipinski definition) is 0. The zero-order valence-electron chi connectivity index (χ0n) is 13.8. The molecule has 120 valence electrons. The summed E-state index contributed by atoms with van der Waals surface area (Å²) in [4.78, 5) is 0. The topological polar surface area (TPSA) is 17.8 Å². The molecule has 0 aliphatic rings. The number of aromatic nitrogens is 2. The Morgan fingerprint density at radius 1 is 0.640 bits per heavy atom. The van der Waals surface area contributed by atoms with Crippen molar-refractivity contribution >= 4 is 12.3 Å². The van der Waals surface area contributed by atoms with E-state index in [-0.39, 0.29) is 0 Å². The third-order valence-electron chi connectivity index (χ3n) is 4.08. The molecule has 0 saturated carbocycles. The average Bonchev–Trinajstić information content (AvgIpc) is 3.13. The second-order valence-corrected chi connectivity index (χ2v) is 5.82. The summed E-state index contributed by atoms with van der Waals surface area (Å²) in [6, 6.07) is 33.0. The SMILES string of the molecule is C(=C\n1nc(-c2ccccc2)cc1-c1ccccc1)/c1ccccc1. The lowest BCUT2D eigenvalue weighted by Crippen LogP contribution is -1.92. The minimum atomic E-state index is 0.970. The predicted molar refractivity (Wildman–Crippen MR) is 105 cm³/mol. The van der Waals surface area contributed by atoms with Gasteiger partial charge in [0.05, 0.1) is 11.4 Å². The van der Waals surface area contributed by atoms with Crippen molar-refractivity contribution in [3.8, 4) is 22.5 Å². The first kappa shape index (κ1) is 15.2. The largest absolute Gasteiger partial charge is 0.240 e. The summed E-state index contributed by atoms with van der Waals surface area (Å²) in [6.07, 6.45) is 4.10. The highest BCUT2D eigenvalue weighted by atomic mass is 15.3. The van der Waals surface area contributed by atoms with Crippen LogP contribution < -0.4 is 0 Å². The van der Waals surface area contributed by atoms with Gasteiger partial charge in [0.15, 0.2) is 0 Å². The molecule has 3 aromatic carbocycles. The van der Waals surface area contributed by atoms with E-state index in [2.05, 4.69) is 60.7 Å². The Morgan fingerprint density at radius 3 is 1.84 bits per heavy atom. The summed E-state index contributed by atoms with van der Waals surface area (Å²) >= 11 is 0. The predicted octanol–water partition coefficient (Wildman–Crippen LogP) is 5.85. The molecule has 2 heteroatoms. The van der Waals surface area contributed by atoms with Gasteiger partial charge in [-0.15, -0.1) is 0 Å². The monoisotopic (exact) mass is 322 g/mol. The van der Waals surface area contributed by atoms with Gasteiger partial charge < -0.3 is 0 Å². The van der Waals surface area contributed by atoms with E-state index < -0.39 is 0 Å². The normalized spacial score (nSPS) is 11.0. The van der Waals surface area contributed by atoms with Gasteiger partial charge in [-0.05, 0) is 17.7 Å². The lowest BCUT2D eigenvalue weighted by molar-refractivity contribution is 0.949. The van der Waals surface area contributed by atoms with E-state index in [9.17, 15) is 0 Å². The quantitative estimate of drug-likeness (QED) is 0.461. The van der Waals surface area contributed by atoms with Crippen LogP contribution in [0.25, 0.3) is 34.8 Å². The Kier molecular flexibility index (Phi) is 4.25. The molecule has 4 rings (SSSR count). The number of benzene rings is 3. The molecule has 0 amide bonds. The van der Waals surface area contributed by atoms with Crippen molar-refractivity contribution in [3.05, 3.63) is 103 Å². The van der Waals surface area contributed by atoms with Gasteiger partial charge in [-0.25, -0.2) is 4.68 Å². The molecule has 25 heavy (non-hydrogen) atoms. The van der Waals surface area contributed by atoms with E-state index in [1.807, 2.05) is 53.3 Å². The van der Waals surface area contributed by atoms with Crippen LogP contribution in [0.3, 0.4) is 0 Å². The summed E-state index contributed by atoms with van der Waals surface area (Å²) < 4.78 is 1.95. The van der Waals surface area contributed by atoms with Gasteiger partial charge in [-0.3, -0.25) is 0 Å². The maximum Gasteiger partial charge on any atom is 0.0933 e. The number of nitrogens with zero attached hydrogens (tertiary/aromatic N) is 2. The summed E-state index contributed by atoms with van der Waals surface area (Å²) in [5.41, 5.74) is 5.46. The van der Waals surface area contributed by atoms with Gasteiger partial charge in [-0.1, -0.05) is 91.0 Å². The highest BCUT2D eigenvalue weighted by molar-refractivity contribution is 5.72. The lowest BCUT2D eigenvalue weighted by atomic mass is 10.1. The minimum absolute atomic E-state index is 0.970. The fourth-order valence-corrected chi connectivity index (χ4v) is 2.80.